The van der Waals surface area contributed by atoms with Gasteiger partial charge in [-0.1, -0.05) is 0 Å². The molecule has 0 aromatic rings. The Balaban J connectivity index is 2.21. The molecule has 5 heteroatoms. The first-order valence-electron chi connectivity index (χ1n) is 5.18. The average molecular weight is 221 g/mol. The minimum Gasteiger partial charge on any atom is -0.396 e. The number of aliphatic hydroxyl groups excluding tert-OH is 1. The molecule has 4 nitrogen and oxygen atoms in total. The molecule has 14 heavy (non-hydrogen) atoms. The third-order valence-corrected chi connectivity index (χ3v) is 4.25. The van der Waals surface area contributed by atoms with Crippen molar-refractivity contribution < 1.29 is 13.5 Å². The highest BCUT2D eigenvalue weighted by Gasteiger charge is 2.15. The molecular formula is C9H19NO3S. The van der Waals surface area contributed by atoms with Crippen LogP contribution in [-0.4, -0.2) is 56.2 Å². The Morgan fingerprint density at radius 2 is 1.79 bits per heavy atom. The zero-order valence-corrected chi connectivity index (χ0v) is 9.30. The molecule has 84 valence electrons. The molecule has 0 saturated carbocycles. The molecule has 0 amide bonds. The van der Waals surface area contributed by atoms with Gasteiger partial charge in [0.15, 0.2) is 9.84 Å². The van der Waals surface area contributed by atoms with E-state index in [9.17, 15) is 8.42 Å². The van der Waals surface area contributed by atoms with Crippen LogP contribution in [0.5, 0.6) is 0 Å². The summed E-state index contributed by atoms with van der Waals surface area (Å²) in [6, 6.07) is 0. The lowest BCUT2D eigenvalue weighted by Gasteiger charge is -2.13. The Morgan fingerprint density at radius 3 is 2.36 bits per heavy atom. The van der Waals surface area contributed by atoms with Gasteiger partial charge in [-0.3, -0.25) is 0 Å². The van der Waals surface area contributed by atoms with Gasteiger partial charge in [0.2, 0.25) is 0 Å². The summed E-state index contributed by atoms with van der Waals surface area (Å²) < 4.78 is 22.8. The zero-order valence-electron chi connectivity index (χ0n) is 8.48. The van der Waals surface area contributed by atoms with Gasteiger partial charge >= 0.3 is 0 Å². The lowest BCUT2D eigenvalue weighted by Crippen LogP contribution is -2.27. The quantitative estimate of drug-likeness (QED) is 0.679. The third kappa shape index (κ3) is 4.39. The molecule has 0 aliphatic carbocycles. The van der Waals surface area contributed by atoms with Crippen molar-refractivity contribution in [2.45, 2.75) is 19.3 Å². The molecule has 1 aliphatic rings. The van der Waals surface area contributed by atoms with Gasteiger partial charge in [-0.15, -0.1) is 0 Å². The van der Waals surface area contributed by atoms with Crippen LogP contribution in [0.15, 0.2) is 0 Å². The standard InChI is InChI=1S/C9H19NO3S/c11-7-3-8-14(12,13)9-6-10-4-1-2-5-10/h11H,1-9H2. The van der Waals surface area contributed by atoms with Crippen molar-refractivity contribution in [2.75, 3.05) is 37.7 Å². The molecule has 0 atom stereocenters. The maximum atomic E-state index is 11.4. The van der Waals surface area contributed by atoms with Gasteiger partial charge in [-0.05, 0) is 32.4 Å². The lowest BCUT2D eigenvalue weighted by atomic mass is 10.4. The fourth-order valence-corrected chi connectivity index (χ4v) is 2.97. The van der Waals surface area contributed by atoms with Crippen molar-refractivity contribution in [1.82, 2.24) is 4.90 Å². The van der Waals surface area contributed by atoms with Gasteiger partial charge in [-0.2, -0.15) is 0 Å². The van der Waals surface area contributed by atoms with E-state index in [4.69, 9.17) is 5.11 Å². The van der Waals surface area contributed by atoms with Crippen LogP contribution in [0.2, 0.25) is 0 Å². The molecule has 1 aliphatic heterocycles. The predicted octanol–water partition coefficient (Wildman–Crippen LogP) is -0.121. The number of nitrogens with zero attached hydrogens (tertiary/aromatic N) is 1. The number of aliphatic hydroxyl groups is 1. The third-order valence-electron chi connectivity index (χ3n) is 2.53. The average Bonchev–Trinajstić information content (AvgIpc) is 2.64. The Kier molecular flexibility index (Phi) is 4.84. The van der Waals surface area contributed by atoms with Crippen LogP contribution in [0.25, 0.3) is 0 Å². The summed E-state index contributed by atoms with van der Waals surface area (Å²) in [6.07, 6.45) is 2.75. The Hall–Kier alpha value is -0.130. The van der Waals surface area contributed by atoms with E-state index in [0.717, 1.165) is 13.1 Å². The maximum Gasteiger partial charge on any atom is 0.151 e. The van der Waals surface area contributed by atoms with Crippen LogP contribution >= 0.6 is 0 Å². The molecule has 1 N–H and O–H groups in total. The van der Waals surface area contributed by atoms with E-state index in [1.165, 1.54) is 12.8 Å². The second-order valence-corrected chi connectivity index (χ2v) is 6.08. The van der Waals surface area contributed by atoms with E-state index in [-0.39, 0.29) is 18.1 Å². The van der Waals surface area contributed by atoms with Crippen molar-refractivity contribution in [3.8, 4) is 0 Å². The van der Waals surface area contributed by atoms with Crippen molar-refractivity contribution in [3.63, 3.8) is 0 Å². The molecule has 0 aromatic carbocycles. The summed E-state index contributed by atoms with van der Waals surface area (Å²) in [4.78, 5) is 2.19. The number of sulfone groups is 1. The summed E-state index contributed by atoms with van der Waals surface area (Å²) in [7, 11) is -2.93. The van der Waals surface area contributed by atoms with Crippen molar-refractivity contribution in [2.24, 2.45) is 0 Å². The van der Waals surface area contributed by atoms with E-state index < -0.39 is 9.84 Å². The van der Waals surface area contributed by atoms with Crippen LogP contribution in [0.4, 0.5) is 0 Å². The van der Waals surface area contributed by atoms with Crippen LogP contribution < -0.4 is 0 Å². The molecular weight excluding hydrogens is 202 g/mol. The molecule has 0 aromatic heterocycles. The molecule has 0 radical (unpaired) electrons. The second-order valence-electron chi connectivity index (χ2n) is 3.78. The fraction of sp³-hybridized carbons (Fsp3) is 1.00. The number of rotatable bonds is 6. The van der Waals surface area contributed by atoms with E-state index in [0.29, 0.717) is 13.0 Å². The minimum atomic E-state index is -2.93. The molecule has 0 spiro atoms. The monoisotopic (exact) mass is 221 g/mol. The second kappa shape index (κ2) is 5.68. The molecule has 1 saturated heterocycles. The highest BCUT2D eigenvalue weighted by atomic mass is 32.2. The fourth-order valence-electron chi connectivity index (χ4n) is 1.66. The molecule has 1 rings (SSSR count). The first kappa shape index (κ1) is 11.9. The van der Waals surface area contributed by atoms with Gasteiger partial charge in [0.05, 0.1) is 11.5 Å². The van der Waals surface area contributed by atoms with Crippen LogP contribution in [-0.2, 0) is 9.84 Å². The molecule has 1 fully saturated rings. The summed E-state index contributed by atoms with van der Waals surface area (Å²) in [5.41, 5.74) is 0. The Morgan fingerprint density at radius 1 is 1.14 bits per heavy atom. The summed E-state index contributed by atoms with van der Waals surface area (Å²) in [5.74, 6) is 0.365. The van der Waals surface area contributed by atoms with Gasteiger partial charge < -0.3 is 10.0 Å². The Bertz CT molecular complexity index is 245. The number of likely N-dealkylation sites (tertiary alicyclic amines) is 1. The predicted molar refractivity (Wildman–Crippen MR) is 56.0 cm³/mol. The van der Waals surface area contributed by atoms with Gasteiger partial charge in [-0.25, -0.2) is 8.42 Å². The van der Waals surface area contributed by atoms with E-state index in [1.54, 1.807) is 0 Å². The number of hydrogen-bond donors (Lipinski definition) is 1. The lowest BCUT2D eigenvalue weighted by molar-refractivity contribution is 0.295. The topological polar surface area (TPSA) is 57.6 Å². The summed E-state index contributed by atoms with van der Waals surface area (Å²) >= 11 is 0. The smallest absolute Gasteiger partial charge is 0.151 e. The van der Waals surface area contributed by atoms with Gasteiger partial charge in [0.1, 0.15) is 0 Å². The Labute approximate surface area is 85.8 Å². The van der Waals surface area contributed by atoms with Crippen LogP contribution in [0, 0.1) is 0 Å². The van der Waals surface area contributed by atoms with Gasteiger partial charge in [0.25, 0.3) is 0 Å². The number of hydrogen-bond acceptors (Lipinski definition) is 4. The normalized spacial score (nSPS) is 18.9. The minimum absolute atomic E-state index is 0.0387. The van der Waals surface area contributed by atoms with E-state index in [2.05, 4.69) is 4.90 Å². The highest BCUT2D eigenvalue weighted by Crippen LogP contribution is 2.07. The maximum absolute atomic E-state index is 11.4. The van der Waals surface area contributed by atoms with Gasteiger partial charge in [0, 0.05) is 13.2 Å². The highest BCUT2D eigenvalue weighted by molar-refractivity contribution is 7.91. The summed E-state index contributed by atoms with van der Waals surface area (Å²) in [5, 5.41) is 8.53. The molecule has 1 heterocycles. The van der Waals surface area contributed by atoms with Crippen LogP contribution in [0.3, 0.4) is 0 Å². The van der Waals surface area contributed by atoms with E-state index in [1.807, 2.05) is 0 Å². The SMILES string of the molecule is O=S(=O)(CCCO)CCN1CCCC1. The molecule has 0 unspecified atom stereocenters. The van der Waals surface area contributed by atoms with Crippen molar-refractivity contribution >= 4 is 9.84 Å². The molecule has 0 bridgehead atoms. The van der Waals surface area contributed by atoms with E-state index >= 15 is 0 Å². The zero-order chi connectivity index (χ0) is 10.4. The summed E-state index contributed by atoms with van der Waals surface area (Å²) in [6.45, 7) is 2.70. The van der Waals surface area contributed by atoms with Crippen LogP contribution in [0.1, 0.15) is 19.3 Å². The largest absolute Gasteiger partial charge is 0.396 e. The van der Waals surface area contributed by atoms with Crippen molar-refractivity contribution in [3.05, 3.63) is 0 Å². The first-order chi connectivity index (χ1) is 6.64. The van der Waals surface area contributed by atoms with Crippen molar-refractivity contribution in [1.29, 1.82) is 0 Å². The first-order valence-corrected chi connectivity index (χ1v) is 7.00.